The van der Waals surface area contributed by atoms with Crippen LogP contribution in [0.1, 0.15) is 22.5 Å². The highest BCUT2D eigenvalue weighted by molar-refractivity contribution is 7.12. The third-order valence-electron chi connectivity index (χ3n) is 5.91. The number of carbonyl (C=O) groups excluding carboxylic acids is 2. The van der Waals surface area contributed by atoms with Crippen LogP contribution in [0.25, 0.3) is 16.9 Å². The molecule has 1 unspecified atom stereocenters. The Morgan fingerprint density at radius 3 is 2.72 bits per heavy atom. The van der Waals surface area contributed by atoms with Gasteiger partial charge in [-0.3, -0.25) is 19.5 Å². The average Bonchev–Trinajstić information content (AvgIpc) is 3.66. The van der Waals surface area contributed by atoms with Gasteiger partial charge in [0.15, 0.2) is 0 Å². The average molecular weight is 521 g/mol. The molecule has 0 bridgehead atoms. The summed E-state index contributed by atoms with van der Waals surface area (Å²) in [6.07, 6.45) is 3.62. The molecule has 36 heavy (non-hydrogen) atoms. The van der Waals surface area contributed by atoms with E-state index in [2.05, 4.69) is 5.32 Å². The minimum atomic E-state index is -0.341. The number of amides is 2. The molecule has 0 spiro atoms. The van der Waals surface area contributed by atoms with Crippen molar-refractivity contribution in [1.82, 2.24) is 14.5 Å². The van der Waals surface area contributed by atoms with E-state index in [4.69, 9.17) is 21.3 Å². The summed E-state index contributed by atoms with van der Waals surface area (Å²) in [5.41, 5.74) is 2.39. The lowest BCUT2D eigenvalue weighted by atomic mass is 10.2. The number of hydrogen-bond acceptors (Lipinski definition) is 5. The van der Waals surface area contributed by atoms with E-state index >= 15 is 0 Å². The van der Waals surface area contributed by atoms with Crippen LogP contribution in [0.15, 0.2) is 78.3 Å². The van der Waals surface area contributed by atoms with Crippen molar-refractivity contribution in [3.63, 3.8) is 0 Å². The summed E-state index contributed by atoms with van der Waals surface area (Å²) < 4.78 is 7.53. The molecule has 1 fully saturated rings. The van der Waals surface area contributed by atoms with E-state index in [0.29, 0.717) is 34.7 Å². The predicted octanol–water partition coefficient (Wildman–Crippen LogP) is 5.51. The van der Waals surface area contributed by atoms with Crippen LogP contribution in [-0.2, 0) is 9.53 Å². The van der Waals surface area contributed by atoms with Gasteiger partial charge >= 0.3 is 0 Å². The number of imidazole rings is 1. The van der Waals surface area contributed by atoms with Crippen molar-refractivity contribution in [2.24, 2.45) is 0 Å². The summed E-state index contributed by atoms with van der Waals surface area (Å²) in [6.45, 7) is 0.930. The van der Waals surface area contributed by atoms with Crippen molar-refractivity contribution in [1.29, 1.82) is 0 Å². The molecule has 1 aliphatic rings. The maximum Gasteiger partial charge on any atom is 0.264 e. The fraction of sp³-hybridized carbons (Fsp3) is 0.222. The molecule has 1 saturated heterocycles. The number of hydrogen-bond donors (Lipinski definition) is 1. The number of anilines is 1. The van der Waals surface area contributed by atoms with Gasteiger partial charge in [0.2, 0.25) is 11.9 Å². The lowest BCUT2D eigenvalue weighted by Crippen LogP contribution is -2.42. The Hall–Kier alpha value is -3.46. The van der Waals surface area contributed by atoms with Crippen molar-refractivity contribution in [2.45, 2.75) is 18.9 Å². The number of nitrogens with zero attached hydrogens (tertiary/aromatic N) is 3. The molecule has 7 nitrogen and oxygen atoms in total. The molecule has 9 heteroatoms. The van der Waals surface area contributed by atoms with E-state index in [-0.39, 0.29) is 24.5 Å². The van der Waals surface area contributed by atoms with Gasteiger partial charge in [0, 0.05) is 35.6 Å². The zero-order chi connectivity index (χ0) is 24.9. The third kappa shape index (κ3) is 5.67. The van der Waals surface area contributed by atoms with Crippen LogP contribution in [-0.4, -0.2) is 52.1 Å². The predicted molar refractivity (Wildman–Crippen MR) is 142 cm³/mol. The first-order valence-corrected chi connectivity index (χ1v) is 13.0. The number of benzene rings is 2. The molecule has 0 aliphatic carbocycles. The van der Waals surface area contributed by atoms with E-state index in [9.17, 15) is 9.59 Å². The third-order valence-corrected chi connectivity index (χ3v) is 7.01. The molecule has 4 aromatic rings. The SMILES string of the molecule is O=C(CN(CC1CCCO1)C(=O)c1cccs1)Nc1nc(-c2ccccc2)cn1-c1cccc(Cl)c1. The molecule has 1 aliphatic heterocycles. The second kappa shape index (κ2) is 11.1. The van der Waals surface area contributed by atoms with Crippen molar-refractivity contribution in [3.05, 3.63) is 88.2 Å². The second-order valence-electron chi connectivity index (χ2n) is 8.51. The molecular weight excluding hydrogens is 496 g/mol. The molecule has 0 radical (unpaired) electrons. The van der Waals surface area contributed by atoms with Crippen LogP contribution >= 0.6 is 22.9 Å². The van der Waals surface area contributed by atoms with Crippen LogP contribution in [0.5, 0.6) is 0 Å². The Bertz CT molecular complexity index is 1330. The summed E-state index contributed by atoms with van der Waals surface area (Å²) in [5, 5.41) is 5.34. The Labute approximate surface area is 218 Å². The van der Waals surface area contributed by atoms with Crippen molar-refractivity contribution in [3.8, 4) is 16.9 Å². The van der Waals surface area contributed by atoms with E-state index in [1.165, 1.54) is 11.3 Å². The summed E-state index contributed by atoms with van der Waals surface area (Å²) in [5.74, 6) is -0.174. The molecule has 0 saturated carbocycles. The van der Waals surface area contributed by atoms with E-state index in [1.807, 2.05) is 60.1 Å². The topological polar surface area (TPSA) is 76.5 Å². The van der Waals surface area contributed by atoms with E-state index in [0.717, 1.165) is 24.1 Å². The molecular formula is C27H25ClN4O3S. The second-order valence-corrected chi connectivity index (χ2v) is 9.90. The fourth-order valence-corrected chi connectivity index (χ4v) is 5.06. The van der Waals surface area contributed by atoms with Crippen LogP contribution in [0.3, 0.4) is 0 Å². The van der Waals surface area contributed by atoms with E-state index in [1.54, 1.807) is 27.7 Å². The Balaban J connectivity index is 1.40. The number of nitrogens with one attached hydrogen (secondary N) is 1. The maximum atomic E-state index is 13.2. The number of carbonyl (C=O) groups is 2. The highest BCUT2D eigenvalue weighted by Crippen LogP contribution is 2.26. The standard InChI is InChI=1S/C27H25ClN4O3S/c28-20-9-4-10-21(15-20)32-17-23(19-7-2-1-3-8-19)29-27(32)30-25(33)18-31(16-22-11-5-13-35-22)26(34)24-12-6-14-36-24/h1-4,6-10,12,14-15,17,22H,5,11,13,16,18H2,(H,29,30,33). The largest absolute Gasteiger partial charge is 0.376 e. The van der Waals surface area contributed by atoms with Gasteiger partial charge in [-0.1, -0.05) is 54.1 Å². The molecule has 184 valence electrons. The molecule has 1 atom stereocenters. The monoisotopic (exact) mass is 520 g/mol. The number of thiophene rings is 1. The van der Waals surface area contributed by atoms with Gasteiger partial charge in [-0.2, -0.15) is 0 Å². The molecule has 2 amide bonds. The Morgan fingerprint density at radius 1 is 1.14 bits per heavy atom. The first-order chi connectivity index (χ1) is 17.6. The van der Waals surface area contributed by atoms with Gasteiger partial charge in [-0.05, 0) is 42.5 Å². The Morgan fingerprint density at radius 2 is 2.00 bits per heavy atom. The maximum absolute atomic E-state index is 13.2. The number of aromatic nitrogens is 2. The summed E-state index contributed by atoms with van der Waals surface area (Å²) in [6, 6.07) is 20.6. The highest BCUT2D eigenvalue weighted by atomic mass is 35.5. The molecule has 3 heterocycles. The first kappa shape index (κ1) is 24.2. The van der Waals surface area contributed by atoms with Gasteiger partial charge in [0.05, 0.1) is 16.7 Å². The molecule has 2 aromatic carbocycles. The normalized spacial score (nSPS) is 15.1. The van der Waals surface area contributed by atoms with Gasteiger partial charge in [0.25, 0.3) is 5.91 Å². The molecule has 1 N–H and O–H groups in total. The summed E-state index contributed by atoms with van der Waals surface area (Å²) in [7, 11) is 0. The lowest BCUT2D eigenvalue weighted by Gasteiger charge is -2.24. The molecule has 2 aromatic heterocycles. The van der Waals surface area contributed by atoms with Crippen LogP contribution in [0.4, 0.5) is 5.95 Å². The quantitative estimate of drug-likeness (QED) is 0.332. The van der Waals surface area contributed by atoms with Crippen LogP contribution in [0, 0.1) is 0 Å². The number of halogens is 1. The van der Waals surface area contributed by atoms with Crippen molar-refractivity contribution < 1.29 is 14.3 Å². The summed E-state index contributed by atoms with van der Waals surface area (Å²) >= 11 is 7.59. The van der Waals surface area contributed by atoms with Crippen molar-refractivity contribution in [2.75, 3.05) is 25.0 Å². The Kier molecular flexibility index (Phi) is 7.46. The van der Waals surface area contributed by atoms with Gasteiger partial charge in [-0.25, -0.2) is 4.98 Å². The van der Waals surface area contributed by atoms with Crippen LogP contribution < -0.4 is 5.32 Å². The fourth-order valence-electron chi connectivity index (χ4n) is 4.19. The number of ether oxygens (including phenoxy) is 1. The lowest BCUT2D eigenvalue weighted by molar-refractivity contribution is -0.117. The highest BCUT2D eigenvalue weighted by Gasteiger charge is 2.26. The van der Waals surface area contributed by atoms with E-state index < -0.39 is 0 Å². The van der Waals surface area contributed by atoms with Gasteiger partial charge in [-0.15, -0.1) is 11.3 Å². The smallest absolute Gasteiger partial charge is 0.264 e. The van der Waals surface area contributed by atoms with Crippen molar-refractivity contribution >= 4 is 40.7 Å². The minimum Gasteiger partial charge on any atom is -0.376 e. The zero-order valence-electron chi connectivity index (χ0n) is 19.5. The first-order valence-electron chi connectivity index (χ1n) is 11.7. The minimum absolute atomic E-state index is 0.0696. The van der Waals surface area contributed by atoms with Crippen LogP contribution in [0.2, 0.25) is 5.02 Å². The van der Waals surface area contributed by atoms with Gasteiger partial charge in [0.1, 0.15) is 6.54 Å². The summed E-state index contributed by atoms with van der Waals surface area (Å²) in [4.78, 5) is 33.2. The zero-order valence-corrected chi connectivity index (χ0v) is 21.0. The number of rotatable bonds is 8. The van der Waals surface area contributed by atoms with Gasteiger partial charge < -0.3 is 9.64 Å². The molecule has 5 rings (SSSR count).